The molecule has 0 aliphatic rings. The molecule has 0 bridgehead atoms. The van der Waals surface area contributed by atoms with E-state index in [-0.39, 0.29) is 5.56 Å². The molecule has 0 N–H and O–H groups in total. The molecule has 84 valence electrons. The third-order valence-corrected chi connectivity index (χ3v) is 2.77. The number of rotatable bonds is 2. The summed E-state index contributed by atoms with van der Waals surface area (Å²) in [7, 11) is 0. The first kappa shape index (κ1) is 11.9. The highest BCUT2D eigenvalue weighted by atomic mass is 127. The zero-order valence-electron chi connectivity index (χ0n) is 8.65. The summed E-state index contributed by atoms with van der Waals surface area (Å²) in [6.07, 6.45) is 0. The summed E-state index contributed by atoms with van der Waals surface area (Å²) >= 11 is 2.19. The van der Waals surface area contributed by atoms with E-state index in [1.54, 1.807) is 12.1 Å². The summed E-state index contributed by atoms with van der Waals surface area (Å²) in [4.78, 5) is 0. The van der Waals surface area contributed by atoms with Gasteiger partial charge in [0.05, 0.1) is 11.6 Å². The zero-order valence-corrected chi connectivity index (χ0v) is 10.8. The van der Waals surface area contributed by atoms with E-state index in [0.717, 1.165) is 3.57 Å². The highest BCUT2D eigenvalue weighted by Crippen LogP contribution is 2.24. The van der Waals surface area contributed by atoms with Gasteiger partial charge in [-0.1, -0.05) is 0 Å². The number of nitrogens with zero attached hydrogens (tertiary/aromatic N) is 1. The second-order valence-corrected chi connectivity index (χ2v) is 4.59. The van der Waals surface area contributed by atoms with Gasteiger partial charge >= 0.3 is 0 Å². The Morgan fingerprint density at radius 1 is 1.06 bits per heavy atom. The average molecular weight is 339 g/mol. The molecule has 0 amide bonds. The smallest absolute Gasteiger partial charge is 0.131 e. The minimum atomic E-state index is -0.482. The van der Waals surface area contributed by atoms with E-state index < -0.39 is 5.82 Å². The molecule has 0 aromatic heterocycles. The van der Waals surface area contributed by atoms with Crippen molar-refractivity contribution in [2.24, 2.45) is 0 Å². The molecule has 0 fully saturated rings. The van der Waals surface area contributed by atoms with E-state index in [0.29, 0.717) is 11.5 Å². The standard InChI is InChI=1S/C13H7FINO/c14-10-5-9(8-16)6-13(7-10)17-12-3-1-11(15)2-4-12/h1-7H. The minimum Gasteiger partial charge on any atom is -0.457 e. The van der Waals surface area contributed by atoms with E-state index in [9.17, 15) is 4.39 Å². The zero-order chi connectivity index (χ0) is 12.3. The Kier molecular flexibility index (Phi) is 3.59. The van der Waals surface area contributed by atoms with Gasteiger partial charge in [-0.25, -0.2) is 4.39 Å². The predicted molar refractivity (Wildman–Crippen MR) is 70.3 cm³/mol. The monoisotopic (exact) mass is 339 g/mol. The van der Waals surface area contributed by atoms with Crippen molar-refractivity contribution >= 4 is 22.6 Å². The molecule has 0 atom stereocenters. The lowest BCUT2D eigenvalue weighted by Crippen LogP contribution is -1.87. The van der Waals surface area contributed by atoms with Gasteiger partial charge in [-0.15, -0.1) is 0 Å². The molecule has 2 rings (SSSR count). The van der Waals surface area contributed by atoms with Crippen LogP contribution >= 0.6 is 22.6 Å². The highest BCUT2D eigenvalue weighted by molar-refractivity contribution is 14.1. The van der Waals surface area contributed by atoms with Crippen LogP contribution in [0.1, 0.15) is 5.56 Å². The van der Waals surface area contributed by atoms with Crippen molar-refractivity contribution in [3.8, 4) is 17.6 Å². The lowest BCUT2D eigenvalue weighted by atomic mass is 10.2. The van der Waals surface area contributed by atoms with E-state index >= 15 is 0 Å². The Labute approximate surface area is 112 Å². The minimum absolute atomic E-state index is 0.241. The van der Waals surface area contributed by atoms with Crippen molar-refractivity contribution in [3.05, 3.63) is 57.4 Å². The van der Waals surface area contributed by atoms with Crippen LogP contribution in [0.3, 0.4) is 0 Å². The predicted octanol–water partition coefficient (Wildman–Crippen LogP) is 4.09. The fourth-order valence-electron chi connectivity index (χ4n) is 1.32. The Morgan fingerprint density at radius 2 is 1.76 bits per heavy atom. The Morgan fingerprint density at radius 3 is 2.41 bits per heavy atom. The maximum Gasteiger partial charge on any atom is 0.131 e. The molecule has 0 spiro atoms. The molecule has 2 nitrogen and oxygen atoms in total. The molecule has 0 heterocycles. The molecule has 2 aromatic carbocycles. The molecule has 17 heavy (non-hydrogen) atoms. The maximum absolute atomic E-state index is 13.1. The quantitative estimate of drug-likeness (QED) is 0.772. The number of benzene rings is 2. The van der Waals surface area contributed by atoms with Gasteiger partial charge in [-0.2, -0.15) is 5.26 Å². The molecular weight excluding hydrogens is 332 g/mol. The third kappa shape index (κ3) is 3.17. The number of nitriles is 1. The second kappa shape index (κ2) is 5.15. The molecule has 0 saturated carbocycles. The van der Waals surface area contributed by atoms with Crippen molar-refractivity contribution < 1.29 is 9.13 Å². The van der Waals surface area contributed by atoms with Crippen molar-refractivity contribution in [2.75, 3.05) is 0 Å². The van der Waals surface area contributed by atoms with Crippen molar-refractivity contribution in [3.63, 3.8) is 0 Å². The third-order valence-electron chi connectivity index (χ3n) is 2.05. The van der Waals surface area contributed by atoms with Gasteiger partial charge in [-0.05, 0) is 59.0 Å². The summed E-state index contributed by atoms with van der Waals surface area (Å²) in [6, 6.07) is 13.2. The number of hydrogen-bond acceptors (Lipinski definition) is 2. The summed E-state index contributed by atoms with van der Waals surface area (Å²) < 4.78 is 19.7. The van der Waals surface area contributed by atoms with Gasteiger partial charge in [0.2, 0.25) is 0 Å². The van der Waals surface area contributed by atoms with E-state index in [1.165, 1.54) is 18.2 Å². The van der Waals surface area contributed by atoms with Crippen LogP contribution in [0.25, 0.3) is 0 Å². The lowest BCUT2D eigenvalue weighted by molar-refractivity contribution is 0.476. The van der Waals surface area contributed by atoms with E-state index in [4.69, 9.17) is 10.00 Å². The normalized spacial score (nSPS) is 9.71. The first-order valence-corrected chi connectivity index (χ1v) is 5.89. The number of halogens is 2. The molecule has 0 unspecified atom stereocenters. The van der Waals surface area contributed by atoms with Crippen LogP contribution < -0.4 is 4.74 Å². The molecule has 0 radical (unpaired) electrons. The average Bonchev–Trinajstić information content (AvgIpc) is 2.31. The SMILES string of the molecule is N#Cc1cc(F)cc(Oc2ccc(I)cc2)c1. The largest absolute Gasteiger partial charge is 0.457 e. The van der Waals surface area contributed by atoms with Crippen molar-refractivity contribution in [2.45, 2.75) is 0 Å². The first-order valence-electron chi connectivity index (χ1n) is 4.81. The van der Waals surface area contributed by atoms with Crippen molar-refractivity contribution in [1.29, 1.82) is 5.26 Å². The fraction of sp³-hybridized carbons (Fsp3) is 0. The molecule has 0 saturated heterocycles. The summed E-state index contributed by atoms with van der Waals surface area (Å²) in [6.45, 7) is 0. The van der Waals surface area contributed by atoms with Crippen LogP contribution in [-0.2, 0) is 0 Å². The van der Waals surface area contributed by atoms with Crippen LogP contribution in [0.2, 0.25) is 0 Å². The summed E-state index contributed by atoms with van der Waals surface area (Å²) in [5, 5.41) is 8.72. The Hall–Kier alpha value is -1.61. The summed E-state index contributed by atoms with van der Waals surface area (Å²) in [5.74, 6) is 0.451. The maximum atomic E-state index is 13.1. The van der Waals surface area contributed by atoms with Crippen LogP contribution in [0.5, 0.6) is 11.5 Å². The van der Waals surface area contributed by atoms with Gasteiger partial charge < -0.3 is 4.74 Å². The van der Waals surface area contributed by atoms with Crippen LogP contribution in [0, 0.1) is 20.7 Å². The van der Waals surface area contributed by atoms with Gasteiger partial charge in [0.15, 0.2) is 0 Å². The van der Waals surface area contributed by atoms with Crippen molar-refractivity contribution in [1.82, 2.24) is 0 Å². The van der Waals surface area contributed by atoms with Gasteiger partial charge in [-0.3, -0.25) is 0 Å². The van der Waals surface area contributed by atoms with Gasteiger partial charge in [0.25, 0.3) is 0 Å². The lowest BCUT2D eigenvalue weighted by Gasteiger charge is -2.06. The Balaban J connectivity index is 2.27. The Bertz CT molecular complexity index is 575. The van der Waals surface area contributed by atoms with Crippen LogP contribution in [0.4, 0.5) is 4.39 Å². The number of ether oxygens (including phenoxy) is 1. The van der Waals surface area contributed by atoms with E-state index in [1.807, 2.05) is 18.2 Å². The van der Waals surface area contributed by atoms with Crippen LogP contribution in [0.15, 0.2) is 42.5 Å². The topological polar surface area (TPSA) is 33.0 Å². The fourth-order valence-corrected chi connectivity index (χ4v) is 1.68. The molecular formula is C13H7FINO. The molecule has 0 aliphatic heterocycles. The molecule has 0 aliphatic carbocycles. The van der Waals surface area contributed by atoms with Gasteiger partial charge in [0, 0.05) is 9.64 Å². The van der Waals surface area contributed by atoms with Gasteiger partial charge in [0.1, 0.15) is 17.3 Å². The second-order valence-electron chi connectivity index (χ2n) is 3.34. The molecule has 2 aromatic rings. The molecule has 4 heteroatoms. The van der Waals surface area contributed by atoms with Crippen LogP contribution in [-0.4, -0.2) is 0 Å². The van der Waals surface area contributed by atoms with E-state index in [2.05, 4.69) is 22.6 Å². The highest BCUT2D eigenvalue weighted by Gasteiger charge is 2.02. The first-order chi connectivity index (χ1) is 8.17. The number of hydrogen-bond donors (Lipinski definition) is 0. The summed E-state index contributed by atoms with van der Waals surface area (Å²) in [5.41, 5.74) is 0.241.